The van der Waals surface area contributed by atoms with Gasteiger partial charge in [0, 0.05) is 18.5 Å². The molecule has 0 bridgehead atoms. The number of aromatic nitrogens is 2. The number of aromatic amines is 1. The van der Waals surface area contributed by atoms with E-state index < -0.39 is 6.10 Å². The third kappa shape index (κ3) is 3.41. The fourth-order valence-electron chi connectivity index (χ4n) is 4.31. The first-order valence-corrected chi connectivity index (χ1v) is 9.23. The minimum absolute atomic E-state index is 0.0503. The zero-order valence-corrected chi connectivity index (χ0v) is 14.6. The van der Waals surface area contributed by atoms with Gasteiger partial charge in [-0.1, -0.05) is 18.6 Å². The largest absolute Gasteiger partial charge is 0.392 e. The molecule has 1 saturated carbocycles. The molecule has 2 aliphatic rings. The number of para-hydroxylation sites is 2. The van der Waals surface area contributed by atoms with Crippen molar-refractivity contribution in [3.63, 3.8) is 0 Å². The molecule has 2 unspecified atom stereocenters. The number of hydrogen-bond donors (Lipinski definition) is 3. The Morgan fingerprint density at radius 1 is 1.32 bits per heavy atom. The first-order chi connectivity index (χ1) is 12.1. The lowest BCUT2D eigenvalue weighted by Crippen LogP contribution is -2.47. The Bertz CT molecular complexity index is 726. The molecule has 134 valence electrons. The lowest BCUT2D eigenvalue weighted by Gasteiger charge is -2.30. The lowest BCUT2D eigenvalue weighted by molar-refractivity contribution is -0.126. The van der Waals surface area contributed by atoms with Gasteiger partial charge in [0.1, 0.15) is 5.82 Å². The van der Waals surface area contributed by atoms with E-state index in [9.17, 15) is 9.90 Å². The topological polar surface area (TPSA) is 81.2 Å². The maximum absolute atomic E-state index is 12.6. The molecule has 2 fully saturated rings. The van der Waals surface area contributed by atoms with E-state index in [2.05, 4.69) is 16.4 Å². The van der Waals surface area contributed by atoms with Crippen molar-refractivity contribution in [3.8, 4) is 0 Å². The summed E-state index contributed by atoms with van der Waals surface area (Å²) in [5.74, 6) is 1.45. The highest BCUT2D eigenvalue weighted by Gasteiger charge is 2.35. The molecular formula is C19H26N4O2. The second kappa shape index (κ2) is 6.77. The number of likely N-dealkylation sites (tertiary alicyclic amines) is 1. The molecule has 6 heteroatoms. The average molecular weight is 342 g/mol. The highest BCUT2D eigenvalue weighted by atomic mass is 16.3. The molecule has 1 aromatic heterocycles. The summed E-state index contributed by atoms with van der Waals surface area (Å²) >= 11 is 0. The van der Waals surface area contributed by atoms with Gasteiger partial charge >= 0.3 is 0 Å². The maximum atomic E-state index is 12.6. The van der Waals surface area contributed by atoms with Crippen LogP contribution in [0.2, 0.25) is 0 Å². The number of nitrogens with one attached hydrogen (secondary N) is 2. The number of amides is 1. The third-order valence-corrected chi connectivity index (χ3v) is 5.64. The number of benzene rings is 1. The Hall–Kier alpha value is -1.92. The Morgan fingerprint density at radius 3 is 2.92 bits per heavy atom. The van der Waals surface area contributed by atoms with Crippen LogP contribution in [-0.4, -0.2) is 57.7 Å². The number of nitrogens with zero attached hydrogens (tertiary/aromatic N) is 2. The molecule has 1 aromatic carbocycles. The van der Waals surface area contributed by atoms with Gasteiger partial charge in [-0.2, -0.15) is 0 Å². The normalized spacial score (nSPS) is 30.6. The van der Waals surface area contributed by atoms with Crippen molar-refractivity contribution < 1.29 is 9.90 Å². The van der Waals surface area contributed by atoms with E-state index in [1.54, 1.807) is 0 Å². The van der Waals surface area contributed by atoms with E-state index in [0.29, 0.717) is 18.9 Å². The fourth-order valence-corrected chi connectivity index (χ4v) is 4.31. The monoisotopic (exact) mass is 342 g/mol. The van der Waals surface area contributed by atoms with Crippen LogP contribution in [-0.2, 0) is 4.79 Å². The lowest BCUT2D eigenvalue weighted by atomic mass is 9.85. The summed E-state index contributed by atoms with van der Waals surface area (Å²) in [5, 5.41) is 13.0. The van der Waals surface area contributed by atoms with E-state index in [0.717, 1.165) is 42.5 Å². The molecule has 0 spiro atoms. The zero-order chi connectivity index (χ0) is 17.4. The molecular weight excluding hydrogens is 316 g/mol. The van der Waals surface area contributed by atoms with E-state index >= 15 is 0 Å². The summed E-state index contributed by atoms with van der Waals surface area (Å²) < 4.78 is 0. The second-order valence-electron chi connectivity index (χ2n) is 7.55. The Labute approximate surface area is 147 Å². The number of hydrogen-bond acceptors (Lipinski definition) is 4. The third-order valence-electron chi connectivity index (χ3n) is 5.64. The van der Waals surface area contributed by atoms with Crippen LogP contribution in [0.4, 0.5) is 0 Å². The molecule has 3 N–H and O–H groups in total. The number of likely N-dealkylation sites (N-methyl/N-ethyl adjacent to an activating group) is 1. The van der Waals surface area contributed by atoms with Gasteiger partial charge < -0.3 is 15.4 Å². The van der Waals surface area contributed by atoms with Gasteiger partial charge in [0.25, 0.3) is 0 Å². The van der Waals surface area contributed by atoms with Crippen LogP contribution >= 0.6 is 0 Å². The van der Waals surface area contributed by atoms with Crippen molar-refractivity contribution in [2.45, 2.75) is 56.2 Å². The standard InChI is InChI=1S/C19H26N4O2/c1-23-11-14(24)10-17(23)19(25)20-13-6-4-5-12(9-13)18-21-15-7-2-3-8-16(15)22-18/h2-3,7-8,12-14,17,24H,4-6,9-11H2,1H3,(H,20,25)(H,21,22)/t12?,13?,14-,17+/m1/s1. The van der Waals surface area contributed by atoms with Gasteiger partial charge in [-0.3, -0.25) is 9.69 Å². The number of aliphatic hydroxyl groups excluding tert-OH is 1. The molecule has 1 aliphatic carbocycles. The van der Waals surface area contributed by atoms with E-state index in [4.69, 9.17) is 4.98 Å². The van der Waals surface area contributed by atoms with Crippen LogP contribution < -0.4 is 5.32 Å². The number of carbonyl (C=O) groups is 1. The molecule has 4 atom stereocenters. The first-order valence-electron chi connectivity index (χ1n) is 9.23. The SMILES string of the molecule is CN1C[C@H](O)C[C@H]1C(=O)NC1CCCC(c2nc3ccccc3[nH]2)C1. The maximum Gasteiger partial charge on any atom is 0.237 e. The summed E-state index contributed by atoms with van der Waals surface area (Å²) in [6.45, 7) is 0.574. The molecule has 25 heavy (non-hydrogen) atoms. The van der Waals surface area contributed by atoms with E-state index in [1.165, 1.54) is 0 Å². The van der Waals surface area contributed by atoms with Crippen molar-refractivity contribution >= 4 is 16.9 Å². The van der Waals surface area contributed by atoms with Gasteiger partial charge in [-0.15, -0.1) is 0 Å². The quantitative estimate of drug-likeness (QED) is 0.794. The summed E-state index contributed by atoms with van der Waals surface area (Å²) in [6, 6.07) is 8.07. The highest BCUT2D eigenvalue weighted by molar-refractivity contribution is 5.82. The van der Waals surface area contributed by atoms with Crippen molar-refractivity contribution in [1.82, 2.24) is 20.2 Å². The summed E-state index contributed by atoms with van der Waals surface area (Å²) in [7, 11) is 1.90. The van der Waals surface area contributed by atoms with Crippen molar-refractivity contribution in [1.29, 1.82) is 0 Å². The number of fused-ring (bicyclic) bond motifs is 1. The van der Waals surface area contributed by atoms with Crippen molar-refractivity contribution in [3.05, 3.63) is 30.1 Å². The number of aliphatic hydroxyl groups is 1. The molecule has 1 amide bonds. The summed E-state index contributed by atoms with van der Waals surface area (Å²) in [4.78, 5) is 22.7. The van der Waals surface area contributed by atoms with Crippen LogP contribution in [0.15, 0.2) is 24.3 Å². The second-order valence-corrected chi connectivity index (χ2v) is 7.55. The molecule has 6 nitrogen and oxygen atoms in total. The van der Waals surface area contributed by atoms with Crippen LogP contribution in [0.3, 0.4) is 0 Å². The van der Waals surface area contributed by atoms with Crippen LogP contribution in [0, 0.1) is 0 Å². The Morgan fingerprint density at radius 2 is 2.16 bits per heavy atom. The molecule has 2 heterocycles. The Balaban J connectivity index is 1.41. The first kappa shape index (κ1) is 16.5. The van der Waals surface area contributed by atoms with Crippen LogP contribution in [0.1, 0.15) is 43.8 Å². The number of β-amino-alcohol motifs (C(OH)–C–C–N with tert-alkyl or cyclic N) is 1. The molecule has 1 saturated heterocycles. The molecule has 2 aromatic rings. The van der Waals surface area contributed by atoms with Crippen LogP contribution in [0.5, 0.6) is 0 Å². The van der Waals surface area contributed by atoms with Gasteiger partial charge in [0.15, 0.2) is 0 Å². The number of imidazole rings is 1. The van der Waals surface area contributed by atoms with Gasteiger partial charge in [0.05, 0.1) is 23.2 Å². The minimum atomic E-state index is -0.393. The number of H-pyrrole nitrogens is 1. The van der Waals surface area contributed by atoms with Gasteiger partial charge in [0.2, 0.25) is 5.91 Å². The summed E-state index contributed by atoms with van der Waals surface area (Å²) in [5.41, 5.74) is 2.08. The molecule has 1 aliphatic heterocycles. The Kier molecular flexibility index (Phi) is 4.48. The van der Waals surface area contributed by atoms with E-state index in [1.807, 2.05) is 30.1 Å². The van der Waals surface area contributed by atoms with Crippen molar-refractivity contribution in [2.75, 3.05) is 13.6 Å². The predicted octanol–water partition coefficient (Wildman–Crippen LogP) is 1.77. The number of rotatable bonds is 3. The average Bonchev–Trinajstić information content (AvgIpc) is 3.18. The molecule has 4 rings (SSSR count). The summed E-state index contributed by atoms with van der Waals surface area (Å²) in [6.07, 6.45) is 4.27. The van der Waals surface area contributed by atoms with Gasteiger partial charge in [-0.25, -0.2) is 4.98 Å². The minimum Gasteiger partial charge on any atom is -0.392 e. The fraction of sp³-hybridized carbons (Fsp3) is 0.579. The highest BCUT2D eigenvalue weighted by Crippen LogP contribution is 2.32. The number of carbonyl (C=O) groups excluding carboxylic acids is 1. The smallest absolute Gasteiger partial charge is 0.237 e. The van der Waals surface area contributed by atoms with Crippen LogP contribution in [0.25, 0.3) is 11.0 Å². The predicted molar refractivity (Wildman–Crippen MR) is 96.3 cm³/mol. The van der Waals surface area contributed by atoms with Crippen molar-refractivity contribution in [2.24, 2.45) is 0 Å². The zero-order valence-electron chi connectivity index (χ0n) is 14.6. The van der Waals surface area contributed by atoms with E-state index in [-0.39, 0.29) is 18.0 Å². The molecule has 0 radical (unpaired) electrons. The van der Waals surface area contributed by atoms with Gasteiger partial charge in [-0.05, 0) is 44.9 Å².